The Kier molecular flexibility index (Phi) is 6.55. The van der Waals surface area contributed by atoms with Gasteiger partial charge in [0.15, 0.2) is 0 Å². The van der Waals surface area contributed by atoms with Crippen LogP contribution in [0.1, 0.15) is 31.4 Å². The molecule has 3 N–H and O–H groups in total. The van der Waals surface area contributed by atoms with Crippen molar-refractivity contribution < 1.29 is 13.6 Å². The highest BCUT2D eigenvalue weighted by molar-refractivity contribution is 5.73. The molecule has 0 bridgehead atoms. The topological polar surface area (TPSA) is 61.6 Å². The van der Waals surface area contributed by atoms with Gasteiger partial charge in [-0.15, -0.1) is 0 Å². The normalized spacial score (nSPS) is 10.7. The second-order valence-corrected chi connectivity index (χ2v) is 5.18. The van der Waals surface area contributed by atoms with Crippen molar-refractivity contribution in [3.8, 4) is 0 Å². The molecule has 0 unspecified atom stereocenters. The Morgan fingerprint density at radius 2 is 2.00 bits per heavy atom. The third-order valence-electron chi connectivity index (χ3n) is 3.75. The van der Waals surface area contributed by atoms with Gasteiger partial charge in [0.25, 0.3) is 6.43 Å². The van der Waals surface area contributed by atoms with Crippen LogP contribution >= 0.6 is 0 Å². The molecule has 1 aromatic carbocycles. The summed E-state index contributed by atoms with van der Waals surface area (Å²) in [5.41, 5.74) is 4.31. The number of amides is 1. The molecule has 1 rings (SSSR count). The highest BCUT2D eigenvalue weighted by Gasteiger charge is 2.16. The maximum absolute atomic E-state index is 13.0. The summed E-state index contributed by atoms with van der Waals surface area (Å²) in [4.78, 5) is 15.0. The molecular formula is C15H24F2N4O. The lowest BCUT2D eigenvalue weighted by molar-refractivity contribution is -0.128. The van der Waals surface area contributed by atoms with Gasteiger partial charge in [0.2, 0.25) is 5.91 Å². The van der Waals surface area contributed by atoms with Crippen LogP contribution in [0.15, 0.2) is 12.1 Å². The van der Waals surface area contributed by atoms with Crippen LogP contribution in [0, 0.1) is 6.92 Å². The van der Waals surface area contributed by atoms with Crippen LogP contribution in [0.4, 0.5) is 20.2 Å². The zero-order chi connectivity index (χ0) is 16.9. The van der Waals surface area contributed by atoms with Crippen molar-refractivity contribution in [2.45, 2.75) is 27.2 Å². The molecule has 0 saturated heterocycles. The van der Waals surface area contributed by atoms with E-state index < -0.39 is 6.43 Å². The first-order chi connectivity index (χ1) is 10.3. The summed E-state index contributed by atoms with van der Waals surface area (Å²) in [5, 5.41) is 0. The second kappa shape index (κ2) is 7.93. The standard InChI is InChI=1S/C15H24F2N4O/c1-5-21(11(3)22)7-6-20(4)14-9-12(15(16)17)8-13(19-18)10(14)2/h8-9,15,19H,5-7,18H2,1-4H3. The predicted molar refractivity (Wildman–Crippen MR) is 85.1 cm³/mol. The Labute approximate surface area is 130 Å². The molecule has 7 heteroatoms. The van der Waals surface area contributed by atoms with E-state index in [-0.39, 0.29) is 11.5 Å². The molecule has 0 radical (unpaired) electrons. The van der Waals surface area contributed by atoms with Crippen LogP contribution < -0.4 is 16.2 Å². The summed E-state index contributed by atoms with van der Waals surface area (Å²) in [6.07, 6.45) is -2.57. The second-order valence-electron chi connectivity index (χ2n) is 5.18. The fourth-order valence-electron chi connectivity index (χ4n) is 2.32. The molecule has 1 aromatic rings. The van der Waals surface area contributed by atoms with Gasteiger partial charge < -0.3 is 15.2 Å². The number of hydrazine groups is 1. The number of anilines is 2. The first-order valence-corrected chi connectivity index (χ1v) is 7.17. The molecular weight excluding hydrogens is 290 g/mol. The fourth-order valence-corrected chi connectivity index (χ4v) is 2.32. The summed E-state index contributed by atoms with van der Waals surface area (Å²) >= 11 is 0. The minimum atomic E-state index is -2.57. The summed E-state index contributed by atoms with van der Waals surface area (Å²) in [5.74, 6) is 5.40. The lowest BCUT2D eigenvalue weighted by Crippen LogP contribution is -2.36. The molecule has 0 heterocycles. The quantitative estimate of drug-likeness (QED) is 0.600. The van der Waals surface area contributed by atoms with E-state index in [1.165, 1.54) is 19.1 Å². The summed E-state index contributed by atoms with van der Waals surface area (Å²) in [6, 6.07) is 2.82. The van der Waals surface area contributed by atoms with Crippen molar-refractivity contribution in [1.82, 2.24) is 4.90 Å². The van der Waals surface area contributed by atoms with E-state index in [0.717, 1.165) is 5.56 Å². The molecule has 0 aliphatic rings. The average Bonchev–Trinajstić information content (AvgIpc) is 2.47. The van der Waals surface area contributed by atoms with E-state index in [1.807, 2.05) is 25.8 Å². The van der Waals surface area contributed by atoms with Crippen molar-refractivity contribution in [1.29, 1.82) is 0 Å². The number of benzene rings is 1. The molecule has 0 fully saturated rings. The molecule has 0 aromatic heterocycles. The largest absolute Gasteiger partial charge is 0.373 e. The molecule has 1 amide bonds. The number of carbonyl (C=O) groups is 1. The van der Waals surface area contributed by atoms with Crippen LogP contribution in [0.25, 0.3) is 0 Å². The molecule has 0 aliphatic carbocycles. The zero-order valence-electron chi connectivity index (χ0n) is 13.5. The van der Waals surface area contributed by atoms with Gasteiger partial charge in [0.1, 0.15) is 0 Å². The highest BCUT2D eigenvalue weighted by Crippen LogP contribution is 2.32. The zero-order valence-corrected chi connectivity index (χ0v) is 13.5. The number of halogens is 2. The Balaban J connectivity index is 2.98. The van der Waals surface area contributed by atoms with Gasteiger partial charge in [-0.1, -0.05) is 0 Å². The molecule has 5 nitrogen and oxygen atoms in total. The smallest absolute Gasteiger partial charge is 0.264 e. The Bertz CT molecular complexity index is 523. The van der Waals surface area contributed by atoms with Crippen molar-refractivity contribution in [2.24, 2.45) is 5.84 Å². The van der Waals surface area contributed by atoms with E-state index in [1.54, 1.807) is 4.90 Å². The van der Waals surface area contributed by atoms with Gasteiger partial charge in [0.05, 0.1) is 5.69 Å². The number of alkyl halides is 2. The van der Waals surface area contributed by atoms with Gasteiger partial charge in [-0.2, -0.15) is 0 Å². The average molecular weight is 314 g/mol. The third kappa shape index (κ3) is 4.30. The minimum Gasteiger partial charge on any atom is -0.373 e. The summed E-state index contributed by atoms with van der Waals surface area (Å²) < 4.78 is 26.0. The number of nitrogens with one attached hydrogen (secondary N) is 1. The van der Waals surface area contributed by atoms with Gasteiger partial charge in [-0.05, 0) is 31.5 Å². The summed E-state index contributed by atoms with van der Waals surface area (Å²) in [7, 11) is 1.81. The van der Waals surface area contributed by atoms with E-state index in [9.17, 15) is 13.6 Å². The summed E-state index contributed by atoms with van der Waals surface area (Å²) in [6.45, 7) is 6.94. The highest BCUT2D eigenvalue weighted by atomic mass is 19.3. The van der Waals surface area contributed by atoms with Gasteiger partial charge >= 0.3 is 0 Å². The molecule has 124 valence electrons. The van der Waals surface area contributed by atoms with Crippen molar-refractivity contribution >= 4 is 17.3 Å². The SMILES string of the molecule is CCN(CCN(C)c1cc(C(F)F)cc(NN)c1C)C(C)=O. The number of nitrogens with two attached hydrogens (primary N) is 1. The van der Waals surface area contributed by atoms with Gasteiger partial charge in [-0.25, -0.2) is 8.78 Å². The number of likely N-dealkylation sites (N-methyl/N-ethyl adjacent to an activating group) is 2. The molecule has 0 spiro atoms. The maximum Gasteiger partial charge on any atom is 0.264 e. The van der Waals surface area contributed by atoms with Gasteiger partial charge in [-0.3, -0.25) is 10.6 Å². The van der Waals surface area contributed by atoms with E-state index >= 15 is 0 Å². The Morgan fingerprint density at radius 3 is 2.45 bits per heavy atom. The van der Waals surface area contributed by atoms with E-state index in [0.29, 0.717) is 31.0 Å². The number of hydrogen-bond donors (Lipinski definition) is 2. The van der Waals surface area contributed by atoms with Crippen LogP contribution in [0.2, 0.25) is 0 Å². The monoisotopic (exact) mass is 314 g/mol. The van der Waals surface area contributed by atoms with Crippen molar-refractivity contribution in [3.05, 3.63) is 23.3 Å². The van der Waals surface area contributed by atoms with E-state index in [2.05, 4.69) is 5.43 Å². The lowest BCUT2D eigenvalue weighted by Gasteiger charge is -2.27. The Hall–Kier alpha value is -1.89. The van der Waals surface area contributed by atoms with Gasteiger partial charge in [0, 0.05) is 44.9 Å². The molecule has 0 aliphatic heterocycles. The first kappa shape index (κ1) is 18.2. The van der Waals surface area contributed by atoms with Crippen molar-refractivity contribution in [3.63, 3.8) is 0 Å². The van der Waals surface area contributed by atoms with Crippen LogP contribution in [-0.2, 0) is 4.79 Å². The number of hydrogen-bond acceptors (Lipinski definition) is 4. The molecule has 0 saturated carbocycles. The van der Waals surface area contributed by atoms with Crippen LogP contribution in [0.3, 0.4) is 0 Å². The molecule has 22 heavy (non-hydrogen) atoms. The minimum absolute atomic E-state index is 0.00160. The van der Waals surface area contributed by atoms with E-state index in [4.69, 9.17) is 5.84 Å². The number of nitrogens with zero attached hydrogens (tertiary/aromatic N) is 2. The van der Waals surface area contributed by atoms with Crippen molar-refractivity contribution in [2.75, 3.05) is 37.0 Å². The van der Waals surface area contributed by atoms with Crippen LogP contribution in [-0.4, -0.2) is 37.5 Å². The predicted octanol–water partition coefficient (Wildman–Crippen LogP) is 2.52. The number of carbonyl (C=O) groups excluding carboxylic acids is 1. The number of nitrogen functional groups attached to an aromatic ring is 1. The third-order valence-corrected chi connectivity index (χ3v) is 3.75. The maximum atomic E-state index is 13.0. The fraction of sp³-hybridized carbons (Fsp3) is 0.533. The first-order valence-electron chi connectivity index (χ1n) is 7.17. The molecule has 0 atom stereocenters. The number of rotatable bonds is 7. The van der Waals surface area contributed by atoms with Crippen LogP contribution in [0.5, 0.6) is 0 Å². The lowest BCUT2D eigenvalue weighted by atomic mass is 10.1. The Morgan fingerprint density at radius 1 is 1.36 bits per heavy atom.